The number of rotatable bonds is 78. The summed E-state index contributed by atoms with van der Waals surface area (Å²) < 4.78 is 50.6. The Balaban J connectivity index is 1.17. The minimum Gasteiger partial charge on any atom is -0.494 e. The highest BCUT2D eigenvalue weighted by molar-refractivity contribution is 6.22. The van der Waals surface area contributed by atoms with Gasteiger partial charge in [-0.3, -0.25) is 0 Å². The van der Waals surface area contributed by atoms with Gasteiger partial charge in [-0.15, -0.1) is 0 Å². The first-order chi connectivity index (χ1) is 65.9. The maximum Gasteiger partial charge on any atom is 0.204 e. The SMILES string of the molecule is CCCCCCCCCCCCOc1cc2cc3ccc4cc5cc(OCCCCCCCCCCCC)c(OCCCCCCCCCCCC)c(OCCCCCCCCCCCC)c5c5ccc(ccc6cc7ccc(OCCCCCC)cc7c7ccc(ccc8ccc(c3c8)c2c(OCCCCCCCCCCCC)c1OCCCCCCCCCCCC)cc67)cc45. The molecule has 0 unspecified atom stereocenters. The van der Waals surface area contributed by atoms with Crippen molar-refractivity contribution in [3.05, 3.63) is 140 Å². The number of fused-ring (bicyclic) bond motifs is 9. The molecule has 0 fully saturated rings. The van der Waals surface area contributed by atoms with E-state index in [0.29, 0.717) is 39.6 Å². The van der Waals surface area contributed by atoms with Crippen molar-refractivity contribution in [2.45, 2.75) is 459 Å². The van der Waals surface area contributed by atoms with Crippen LogP contribution >= 0.6 is 0 Å². The largest absolute Gasteiger partial charge is 0.494 e. The molecule has 0 radical (unpaired) electrons. The highest BCUT2D eigenvalue weighted by Gasteiger charge is 2.25. The fourth-order valence-electron chi connectivity index (χ4n) is 20.2. The Morgan fingerprint density at radius 2 is 0.346 bits per heavy atom. The maximum absolute atomic E-state index is 7.50. The van der Waals surface area contributed by atoms with Crippen molar-refractivity contribution in [1.29, 1.82) is 0 Å². The van der Waals surface area contributed by atoms with Crippen LogP contribution in [-0.2, 0) is 0 Å². The van der Waals surface area contributed by atoms with Gasteiger partial charge in [0.1, 0.15) is 5.75 Å². The molecule has 0 saturated carbocycles. The van der Waals surface area contributed by atoms with Gasteiger partial charge in [0.2, 0.25) is 11.5 Å². The van der Waals surface area contributed by atoms with Gasteiger partial charge in [0.25, 0.3) is 0 Å². The predicted octanol–water partition coefficient (Wildman–Crippen LogP) is 41.5. The van der Waals surface area contributed by atoms with E-state index in [1.807, 2.05) is 0 Å². The molecule has 10 rings (SSSR count). The first-order valence-electron chi connectivity index (χ1n) is 56.5. The molecule has 0 aliphatic heterocycles. The predicted molar refractivity (Wildman–Crippen MR) is 584 cm³/mol. The quantitative estimate of drug-likeness (QED) is 0.0278. The van der Waals surface area contributed by atoms with E-state index < -0.39 is 0 Å². The molecule has 0 atom stereocenters. The number of benzene rings is 9. The van der Waals surface area contributed by atoms with Crippen molar-refractivity contribution >= 4 is 97.0 Å². The van der Waals surface area contributed by atoms with Crippen LogP contribution in [0.25, 0.3) is 97.0 Å². The fourth-order valence-corrected chi connectivity index (χ4v) is 20.2. The molecule has 10 aromatic carbocycles. The Kier molecular flexibility index (Phi) is 53.9. The molecule has 0 saturated heterocycles. The standard InChI is InChI=1S/C126H186O7/c1-8-15-22-29-35-41-47-53-59-66-87-128-119-99-109-97-106-79-80-107-98-110-100-120(129-88-67-60-54-48-42-36-30-23-16-9-2)124(131-90-69-62-56-50-44-38-32-25-18-11-4)126(133-92-71-64-58-52-46-40-34-27-20-13-6)122(110)114-85-77-104(95-117(107)114)74-78-105-96-108-81-82-111(127-86-65-28-21-14-7)101-118(108)112-83-75-102(93-115(105)112)72-73-103-76-84-113(116(106)94-103)121(109)125(132-91-70-63-57-51-45-39-33-26-19-12-5)123(119)130-89-68-61-55-49-43-37-31-24-17-10-3/h72-85,93-101H,8-71,86-92H2,1-7H3. The molecular formula is C126H186O7. The first-order valence-corrected chi connectivity index (χ1v) is 56.5. The van der Waals surface area contributed by atoms with Crippen molar-refractivity contribution in [2.75, 3.05) is 46.2 Å². The number of unbranched alkanes of at least 4 members (excludes halogenated alkanes) is 57. The van der Waals surface area contributed by atoms with Crippen LogP contribution in [0.2, 0.25) is 0 Å². The molecule has 0 aromatic heterocycles. The van der Waals surface area contributed by atoms with Crippen molar-refractivity contribution < 1.29 is 33.2 Å². The van der Waals surface area contributed by atoms with E-state index in [9.17, 15) is 0 Å². The van der Waals surface area contributed by atoms with Crippen LogP contribution in [0.4, 0.5) is 0 Å². The highest BCUT2D eigenvalue weighted by atomic mass is 16.5. The molecule has 0 N–H and O–H groups in total. The first kappa shape index (κ1) is 107. The summed E-state index contributed by atoms with van der Waals surface area (Å²) in [5.41, 5.74) is 0. The van der Waals surface area contributed by atoms with Crippen LogP contribution in [0.3, 0.4) is 0 Å². The van der Waals surface area contributed by atoms with Gasteiger partial charge in [-0.2, -0.15) is 0 Å². The third-order valence-electron chi connectivity index (χ3n) is 28.4. The smallest absolute Gasteiger partial charge is 0.204 e. The Hall–Kier alpha value is -7.64. The molecule has 7 heteroatoms. The number of ether oxygens (including phenoxy) is 7. The summed E-state index contributed by atoms with van der Waals surface area (Å²) in [6.07, 6.45) is 80.8. The molecule has 0 aliphatic rings. The lowest BCUT2D eigenvalue weighted by Crippen LogP contribution is -2.07. The van der Waals surface area contributed by atoms with Gasteiger partial charge in [0.05, 0.1) is 46.2 Å². The zero-order valence-corrected chi connectivity index (χ0v) is 85.8. The highest BCUT2D eigenvalue weighted by Crippen LogP contribution is 2.51. The lowest BCUT2D eigenvalue weighted by Gasteiger charge is -2.21. The fraction of sp³-hybridized carbons (Fsp3) is 0.619. The topological polar surface area (TPSA) is 64.6 Å². The molecule has 10 aromatic rings. The van der Waals surface area contributed by atoms with Gasteiger partial charge in [-0.05, 0) is 192 Å². The van der Waals surface area contributed by atoms with Crippen LogP contribution in [0.1, 0.15) is 459 Å². The van der Waals surface area contributed by atoms with Gasteiger partial charge in [-0.1, -0.05) is 493 Å². The van der Waals surface area contributed by atoms with Crippen LogP contribution < -0.4 is 33.2 Å². The minimum atomic E-state index is 0.609. The molecule has 0 amide bonds. The minimum absolute atomic E-state index is 0.609. The second-order valence-corrected chi connectivity index (χ2v) is 40.0. The Labute approximate surface area is 810 Å². The third kappa shape index (κ3) is 38.3. The summed E-state index contributed by atoms with van der Waals surface area (Å²) in [5, 5.41) is 20.7. The summed E-state index contributed by atoms with van der Waals surface area (Å²) in [6.45, 7) is 20.6. The van der Waals surface area contributed by atoms with E-state index in [-0.39, 0.29) is 0 Å². The normalized spacial score (nSPS) is 11.8. The Bertz CT molecular complexity index is 4960. The van der Waals surface area contributed by atoms with E-state index in [0.717, 1.165) is 200 Å². The summed E-state index contributed by atoms with van der Waals surface area (Å²) in [7, 11) is 0. The van der Waals surface area contributed by atoms with E-state index in [1.165, 1.54) is 354 Å². The van der Waals surface area contributed by atoms with Crippen molar-refractivity contribution in [3.63, 3.8) is 0 Å². The monoisotopic (exact) mass is 1810 g/mol. The average molecular weight is 1810 g/mol. The second-order valence-electron chi connectivity index (χ2n) is 40.0. The third-order valence-corrected chi connectivity index (χ3v) is 28.4. The summed E-state index contributed by atoms with van der Waals surface area (Å²) in [5.74, 6) is 5.71. The van der Waals surface area contributed by atoms with Crippen LogP contribution in [-0.4, -0.2) is 46.2 Å². The van der Waals surface area contributed by atoms with E-state index in [2.05, 4.69) is 188 Å². The second kappa shape index (κ2) is 66.8. The number of hydrogen-bond donors (Lipinski definition) is 0. The molecular weight excluding hydrogens is 1630 g/mol. The summed E-state index contributed by atoms with van der Waals surface area (Å²) in [6, 6.07) is 54.3. The lowest BCUT2D eigenvalue weighted by molar-refractivity contribution is 0.236. The zero-order chi connectivity index (χ0) is 92.9. The summed E-state index contributed by atoms with van der Waals surface area (Å²) >= 11 is 0. The van der Waals surface area contributed by atoms with Crippen LogP contribution in [0.5, 0.6) is 40.2 Å². The zero-order valence-electron chi connectivity index (χ0n) is 85.8. The Morgan fingerprint density at radius 1 is 0.143 bits per heavy atom. The van der Waals surface area contributed by atoms with Crippen molar-refractivity contribution in [3.8, 4) is 40.2 Å². The van der Waals surface area contributed by atoms with Gasteiger partial charge < -0.3 is 33.2 Å². The Morgan fingerprint density at radius 3 is 0.647 bits per heavy atom. The molecule has 0 aliphatic carbocycles. The van der Waals surface area contributed by atoms with Gasteiger partial charge >= 0.3 is 0 Å². The molecule has 0 heterocycles. The molecule has 6 bridgehead atoms. The van der Waals surface area contributed by atoms with Gasteiger partial charge in [0.15, 0.2) is 23.0 Å². The van der Waals surface area contributed by atoms with E-state index >= 15 is 0 Å². The van der Waals surface area contributed by atoms with Crippen molar-refractivity contribution in [2.24, 2.45) is 0 Å². The molecule has 7 nitrogen and oxygen atoms in total. The van der Waals surface area contributed by atoms with Gasteiger partial charge in [0, 0.05) is 10.8 Å². The van der Waals surface area contributed by atoms with Crippen LogP contribution in [0, 0.1) is 0 Å². The van der Waals surface area contributed by atoms with E-state index in [1.54, 1.807) is 0 Å². The molecule has 133 heavy (non-hydrogen) atoms. The maximum atomic E-state index is 7.50. The number of hydrogen-bond acceptors (Lipinski definition) is 7. The molecule has 732 valence electrons. The van der Waals surface area contributed by atoms with Gasteiger partial charge in [-0.25, -0.2) is 0 Å². The van der Waals surface area contributed by atoms with E-state index in [4.69, 9.17) is 33.2 Å². The lowest BCUT2D eigenvalue weighted by atomic mass is 9.95. The summed E-state index contributed by atoms with van der Waals surface area (Å²) in [4.78, 5) is 0. The van der Waals surface area contributed by atoms with Crippen LogP contribution in [0.15, 0.2) is 140 Å². The average Bonchev–Trinajstić information content (AvgIpc) is 0.742. The molecule has 0 spiro atoms. The van der Waals surface area contributed by atoms with Crippen molar-refractivity contribution in [1.82, 2.24) is 0 Å².